The zero-order valence-electron chi connectivity index (χ0n) is 51.3. The van der Waals surface area contributed by atoms with E-state index >= 15 is 0 Å². The molecule has 0 radical (unpaired) electrons. The van der Waals surface area contributed by atoms with E-state index in [1.54, 1.807) is 13.8 Å². The lowest BCUT2D eigenvalue weighted by Crippen LogP contribution is -2.15. The zero-order chi connectivity index (χ0) is 61.5. The summed E-state index contributed by atoms with van der Waals surface area (Å²) in [5, 5.41) is 21.7. The van der Waals surface area contributed by atoms with Gasteiger partial charge in [0.05, 0.1) is 41.3 Å². The highest BCUT2D eigenvalue weighted by Gasteiger charge is 2.16. The van der Waals surface area contributed by atoms with Gasteiger partial charge in [0.1, 0.15) is 23.1 Å². The molecule has 81 heavy (non-hydrogen) atoms. The molecule has 5 N–H and O–H groups in total. The molecule has 0 fully saturated rings. The molecule has 5 aromatic carbocycles. The molecule has 15 nitrogen and oxygen atoms in total. The zero-order valence-corrected chi connectivity index (χ0v) is 51.3. The van der Waals surface area contributed by atoms with Crippen LogP contribution in [-0.2, 0) is 33.6 Å². The highest BCUT2D eigenvalue weighted by atomic mass is 16.6. The molecule has 0 unspecified atom stereocenters. The van der Waals surface area contributed by atoms with Crippen LogP contribution in [0.15, 0.2) is 130 Å². The van der Waals surface area contributed by atoms with Crippen molar-refractivity contribution in [2.45, 2.75) is 165 Å². The van der Waals surface area contributed by atoms with E-state index in [-0.39, 0.29) is 37.6 Å². The highest BCUT2D eigenvalue weighted by molar-refractivity contribution is 5.92. The number of nitrogens with two attached hydrogens (primary N) is 1. The molecule has 0 saturated carbocycles. The number of imidazole rings is 1. The molecule has 0 aliphatic carbocycles. The molecular weight excluding hydrogens is 1020 g/mol. The quantitative estimate of drug-likeness (QED) is 0.0538. The molecule has 15 heteroatoms. The maximum Gasteiger partial charge on any atom is 0.309 e. The number of non-ortho nitro benzene ring substituents is 1. The van der Waals surface area contributed by atoms with Crippen LogP contribution >= 0.6 is 0 Å². The first-order valence-corrected chi connectivity index (χ1v) is 27.6. The predicted octanol–water partition coefficient (Wildman–Crippen LogP) is 17.8. The minimum Gasteiger partial charge on any atom is -0.481 e. The number of aromatic nitrogens is 4. The number of H-pyrrole nitrogens is 1. The molecular formula is C66H95N7O8. The molecule has 0 aliphatic rings. The molecule has 0 spiro atoms. The number of Topliss-reactive ketones (excluding diaryl/α,β-unsaturated/α-hetero) is 1. The lowest BCUT2D eigenvalue weighted by atomic mass is 10.1. The molecule has 1 amide bonds. The first-order chi connectivity index (χ1) is 38.3. The Balaban J connectivity index is -0.000000964. The molecule has 0 aliphatic heterocycles. The summed E-state index contributed by atoms with van der Waals surface area (Å²) in [5.41, 5.74) is 17.1. The number of nitrogen functional groups attached to an aromatic ring is 1. The van der Waals surface area contributed by atoms with E-state index in [1.807, 2.05) is 203 Å². The number of nitrogens with zero attached hydrogens (tertiary/aromatic N) is 4. The number of oxazole rings is 2. The number of aryl methyl sites for hydroxylation is 7. The van der Waals surface area contributed by atoms with Gasteiger partial charge in [-0.2, -0.15) is 0 Å². The summed E-state index contributed by atoms with van der Waals surface area (Å²) in [6.45, 7) is 39.2. The number of aliphatic carboxylic acids is 1. The number of carbonyl (C=O) groups excluding carboxylic acids is 2. The third-order valence-corrected chi connectivity index (χ3v) is 10.2. The number of rotatable bonds is 11. The third-order valence-electron chi connectivity index (χ3n) is 10.2. The van der Waals surface area contributed by atoms with Crippen LogP contribution in [0.5, 0.6) is 0 Å². The van der Waals surface area contributed by atoms with E-state index < -0.39 is 10.9 Å². The Morgan fingerprint density at radius 1 is 0.531 bits per heavy atom. The average molecular weight is 1110 g/mol. The number of amides is 1. The second-order valence-electron chi connectivity index (χ2n) is 16.2. The molecule has 3 aromatic heterocycles. The number of hydrogen-bond donors (Lipinski definition) is 4. The van der Waals surface area contributed by atoms with Crippen molar-refractivity contribution in [2.24, 2.45) is 0 Å². The SMILES string of the molecule is C.CC.CC.CC.CC.CC.CC.CC(=O)Cc1nc(-c2ccc(C)cc2)oc1C.Cc1ccc(-c2nc(CC(=O)O)c(C)o2)cc1.Cc1ccc(NC(=O)Cc2nc(-c3ccc(C)cc3)[nH]c2C)cc1.Nc1ccc([N+](=O)[O-])cc1. The highest BCUT2D eigenvalue weighted by Crippen LogP contribution is 2.24. The number of anilines is 2. The van der Waals surface area contributed by atoms with Crippen molar-refractivity contribution in [1.82, 2.24) is 19.9 Å². The van der Waals surface area contributed by atoms with Crippen LogP contribution in [0, 0.1) is 58.6 Å². The first kappa shape index (κ1) is 76.8. The average Bonchev–Trinajstić information content (AvgIpc) is 4.15. The summed E-state index contributed by atoms with van der Waals surface area (Å²) in [4.78, 5) is 60.0. The van der Waals surface area contributed by atoms with Gasteiger partial charge >= 0.3 is 5.97 Å². The summed E-state index contributed by atoms with van der Waals surface area (Å²) in [7, 11) is 0. The van der Waals surface area contributed by atoms with Crippen LogP contribution < -0.4 is 11.1 Å². The maximum absolute atomic E-state index is 12.2. The van der Waals surface area contributed by atoms with Gasteiger partial charge in [-0.1, -0.05) is 173 Å². The molecule has 8 rings (SSSR count). The van der Waals surface area contributed by atoms with Crippen molar-refractivity contribution < 1.29 is 33.2 Å². The van der Waals surface area contributed by atoms with E-state index in [2.05, 4.69) is 44.3 Å². The number of benzene rings is 5. The monoisotopic (exact) mass is 1110 g/mol. The van der Waals surface area contributed by atoms with Gasteiger partial charge < -0.3 is 30.0 Å². The Bertz CT molecular complexity index is 2850. The van der Waals surface area contributed by atoms with Gasteiger partial charge in [0.2, 0.25) is 17.7 Å². The number of nitrogens with one attached hydrogen (secondary N) is 2. The van der Waals surface area contributed by atoms with Crippen LogP contribution in [0.25, 0.3) is 34.3 Å². The summed E-state index contributed by atoms with van der Waals surface area (Å²) in [6, 6.07) is 37.4. The van der Waals surface area contributed by atoms with Crippen molar-refractivity contribution >= 4 is 34.7 Å². The second-order valence-corrected chi connectivity index (χ2v) is 16.2. The van der Waals surface area contributed by atoms with Crippen LogP contribution in [-0.4, -0.2) is 47.6 Å². The Kier molecular flexibility index (Phi) is 41.2. The summed E-state index contributed by atoms with van der Waals surface area (Å²) in [5.74, 6) is 2.25. The van der Waals surface area contributed by atoms with E-state index in [0.29, 0.717) is 35.3 Å². The van der Waals surface area contributed by atoms with Crippen LogP contribution in [0.3, 0.4) is 0 Å². The lowest BCUT2D eigenvalue weighted by molar-refractivity contribution is -0.384. The van der Waals surface area contributed by atoms with Crippen LogP contribution in [0.4, 0.5) is 17.1 Å². The second kappa shape index (κ2) is 43.4. The first-order valence-electron chi connectivity index (χ1n) is 27.6. The third kappa shape index (κ3) is 28.8. The summed E-state index contributed by atoms with van der Waals surface area (Å²) < 4.78 is 11.0. The van der Waals surface area contributed by atoms with Gasteiger partial charge in [-0.3, -0.25) is 24.5 Å². The molecule has 0 atom stereocenters. The van der Waals surface area contributed by atoms with E-state index in [0.717, 1.165) is 56.6 Å². The minimum atomic E-state index is -0.906. The Morgan fingerprint density at radius 3 is 1.25 bits per heavy atom. The number of ketones is 1. The number of aromatic amines is 1. The largest absolute Gasteiger partial charge is 0.481 e. The number of carboxylic acids is 1. The fraction of sp³-hybridized carbons (Fsp3) is 0.364. The maximum atomic E-state index is 12.2. The van der Waals surface area contributed by atoms with Gasteiger partial charge in [-0.05, 0) is 104 Å². The van der Waals surface area contributed by atoms with Crippen LogP contribution in [0.1, 0.15) is 154 Å². The van der Waals surface area contributed by atoms with Gasteiger partial charge in [0.15, 0.2) is 0 Å². The van der Waals surface area contributed by atoms with E-state index in [9.17, 15) is 24.5 Å². The number of nitro benzene ring substituents is 1. The number of hydrogen-bond acceptors (Lipinski definition) is 11. The Morgan fingerprint density at radius 2 is 0.889 bits per heavy atom. The number of carboxylic acid groups (broad SMARTS) is 1. The smallest absolute Gasteiger partial charge is 0.309 e. The standard InChI is InChI=1S/C20H21N3O.C14H15NO2.C13H13NO3.C6H6N2O2.6C2H6.CH4/c1-13-4-8-16(9-5-13)20-21-15(3)18(23-20)12-19(24)22-17-10-6-14(2)7-11-17;1-9-4-6-12(7-5-9)14-15-13(8-10(2)16)11(3)17-14;1-8-3-5-10(6-4-8)13-14-11(7-12(15)16)9(2)17-13;7-5-1-3-6(4-2-5)8(9)10;6*1-2;/h4-11H,12H2,1-3H3,(H,21,23)(H,22,24);4-7H,8H2,1-3H3;3-6H,7H2,1-2H3,(H,15,16);1-4H,7H2;6*1-2H3;1H4. The van der Waals surface area contributed by atoms with E-state index in [4.69, 9.17) is 19.7 Å². The molecule has 0 bridgehead atoms. The van der Waals surface area contributed by atoms with Crippen molar-refractivity contribution in [3.8, 4) is 34.3 Å². The Labute approximate surface area is 484 Å². The Hall–Kier alpha value is -8.46. The van der Waals surface area contributed by atoms with Gasteiger partial charge in [0.25, 0.3) is 5.69 Å². The fourth-order valence-corrected chi connectivity index (χ4v) is 6.31. The lowest BCUT2D eigenvalue weighted by Gasteiger charge is -2.04. The van der Waals surface area contributed by atoms with Gasteiger partial charge in [-0.15, -0.1) is 0 Å². The molecule has 442 valence electrons. The van der Waals surface area contributed by atoms with Gasteiger partial charge in [-0.25, -0.2) is 15.0 Å². The molecule has 8 aromatic rings. The van der Waals surface area contributed by atoms with Gasteiger partial charge in [0, 0.05) is 45.9 Å². The minimum absolute atomic E-state index is 0. The van der Waals surface area contributed by atoms with E-state index in [1.165, 1.54) is 41.0 Å². The van der Waals surface area contributed by atoms with Crippen molar-refractivity contribution in [2.75, 3.05) is 11.1 Å². The number of nitro groups is 1. The predicted molar refractivity (Wildman–Crippen MR) is 338 cm³/mol. The summed E-state index contributed by atoms with van der Waals surface area (Å²) in [6.07, 6.45) is 0.477. The van der Waals surface area contributed by atoms with Crippen molar-refractivity contribution in [3.05, 3.63) is 188 Å². The normalized spacial score (nSPS) is 9.14. The fourth-order valence-electron chi connectivity index (χ4n) is 6.31. The summed E-state index contributed by atoms with van der Waals surface area (Å²) >= 11 is 0. The molecule has 3 heterocycles. The van der Waals surface area contributed by atoms with Crippen molar-refractivity contribution in [1.29, 1.82) is 0 Å². The van der Waals surface area contributed by atoms with Crippen molar-refractivity contribution in [3.63, 3.8) is 0 Å². The number of carbonyl (C=O) groups is 3. The molecule has 0 saturated heterocycles. The van der Waals surface area contributed by atoms with Crippen LogP contribution in [0.2, 0.25) is 0 Å². The topological polar surface area (TPSA) is 233 Å².